The molecule has 32 heavy (non-hydrogen) atoms. The first-order valence-electron chi connectivity index (χ1n) is 10.2. The van der Waals surface area contributed by atoms with E-state index >= 15 is 0 Å². The molecule has 0 atom stereocenters. The van der Waals surface area contributed by atoms with Gasteiger partial charge in [0.25, 0.3) is 5.56 Å². The highest BCUT2D eigenvalue weighted by atomic mass is 35.5. The third-order valence-electron chi connectivity index (χ3n) is 5.76. The standard InChI is InChI=1S/C24H22N4O3.ClH/c1-14(29)25-16-8-9-17-15(13-16)7-10-20-21(17)18-5-4-6-19-22(18)28(20)24(31)27(23(19)30)12-11-26(2)3;/h4-10,13H,11-12H2,1-3H3,(H,25,29);1H. The Kier molecular flexibility index (Phi) is 5.40. The van der Waals surface area contributed by atoms with Crippen LogP contribution in [0.25, 0.3) is 38.0 Å². The molecule has 2 aromatic heterocycles. The number of hydrogen-bond acceptors (Lipinski definition) is 4. The van der Waals surface area contributed by atoms with Crippen molar-refractivity contribution in [2.24, 2.45) is 0 Å². The van der Waals surface area contributed by atoms with Crippen LogP contribution in [-0.2, 0) is 11.3 Å². The van der Waals surface area contributed by atoms with Crippen LogP contribution in [0.2, 0.25) is 0 Å². The molecule has 0 aliphatic heterocycles. The lowest BCUT2D eigenvalue weighted by Gasteiger charge is -2.12. The van der Waals surface area contributed by atoms with Crippen LogP contribution in [0.5, 0.6) is 0 Å². The summed E-state index contributed by atoms with van der Waals surface area (Å²) in [4.78, 5) is 39.9. The van der Waals surface area contributed by atoms with Gasteiger partial charge in [-0.15, -0.1) is 12.4 Å². The molecule has 0 fully saturated rings. The number of aromatic nitrogens is 2. The summed E-state index contributed by atoms with van der Waals surface area (Å²) in [6, 6.07) is 15.2. The molecule has 0 unspecified atom stereocenters. The fourth-order valence-corrected chi connectivity index (χ4v) is 4.40. The van der Waals surface area contributed by atoms with Crippen LogP contribution in [0.4, 0.5) is 5.69 Å². The number of likely N-dealkylation sites (N-methyl/N-ethyl adjacent to an activating group) is 1. The molecule has 3 aromatic carbocycles. The van der Waals surface area contributed by atoms with E-state index in [1.54, 1.807) is 10.5 Å². The molecule has 0 bridgehead atoms. The van der Waals surface area contributed by atoms with Gasteiger partial charge in [0, 0.05) is 36.5 Å². The maximum absolute atomic E-state index is 13.4. The smallest absolute Gasteiger partial charge is 0.326 e. The van der Waals surface area contributed by atoms with E-state index in [-0.39, 0.29) is 29.6 Å². The first kappa shape index (κ1) is 21.8. The Morgan fingerprint density at radius 2 is 1.75 bits per heavy atom. The van der Waals surface area contributed by atoms with Gasteiger partial charge in [-0.25, -0.2) is 4.79 Å². The molecule has 0 saturated carbocycles. The number of anilines is 1. The van der Waals surface area contributed by atoms with E-state index in [1.807, 2.05) is 61.5 Å². The molecule has 0 spiro atoms. The monoisotopic (exact) mass is 450 g/mol. The minimum atomic E-state index is -0.320. The summed E-state index contributed by atoms with van der Waals surface area (Å²) in [6.45, 7) is 2.40. The highest BCUT2D eigenvalue weighted by Crippen LogP contribution is 2.35. The lowest BCUT2D eigenvalue weighted by atomic mass is 10.0. The van der Waals surface area contributed by atoms with Gasteiger partial charge in [0.15, 0.2) is 0 Å². The molecular weight excluding hydrogens is 428 g/mol. The zero-order chi connectivity index (χ0) is 21.9. The zero-order valence-electron chi connectivity index (χ0n) is 18.0. The maximum atomic E-state index is 13.4. The Balaban J connectivity index is 0.00000245. The van der Waals surface area contributed by atoms with Gasteiger partial charge in [0.05, 0.1) is 16.4 Å². The molecule has 5 aromatic rings. The number of para-hydroxylation sites is 1. The lowest BCUT2D eigenvalue weighted by Crippen LogP contribution is -2.39. The summed E-state index contributed by atoms with van der Waals surface area (Å²) < 4.78 is 2.99. The van der Waals surface area contributed by atoms with Gasteiger partial charge in [0.1, 0.15) is 0 Å². The van der Waals surface area contributed by atoms with Gasteiger partial charge in [0.2, 0.25) is 5.91 Å². The average molecular weight is 451 g/mol. The van der Waals surface area contributed by atoms with Crippen molar-refractivity contribution < 1.29 is 4.79 Å². The Morgan fingerprint density at radius 3 is 2.47 bits per heavy atom. The number of halogens is 1. The van der Waals surface area contributed by atoms with E-state index in [0.29, 0.717) is 29.7 Å². The van der Waals surface area contributed by atoms with Crippen molar-refractivity contribution in [1.29, 1.82) is 0 Å². The van der Waals surface area contributed by atoms with Crippen LogP contribution in [0.15, 0.2) is 58.1 Å². The van der Waals surface area contributed by atoms with Crippen molar-refractivity contribution in [1.82, 2.24) is 13.9 Å². The van der Waals surface area contributed by atoms with Crippen molar-refractivity contribution in [3.63, 3.8) is 0 Å². The van der Waals surface area contributed by atoms with Crippen LogP contribution < -0.4 is 16.6 Å². The Morgan fingerprint density at radius 1 is 1.00 bits per heavy atom. The van der Waals surface area contributed by atoms with Crippen LogP contribution in [0.3, 0.4) is 0 Å². The predicted octanol–water partition coefficient (Wildman–Crippen LogP) is 3.30. The van der Waals surface area contributed by atoms with Gasteiger partial charge >= 0.3 is 5.69 Å². The summed E-state index contributed by atoms with van der Waals surface area (Å²) in [5.41, 5.74) is 1.57. The number of fused-ring (bicyclic) bond motifs is 5. The molecule has 1 amide bonds. The van der Waals surface area contributed by atoms with E-state index in [9.17, 15) is 14.4 Å². The zero-order valence-corrected chi connectivity index (χ0v) is 18.8. The number of nitrogens with one attached hydrogen (secondary N) is 1. The van der Waals surface area contributed by atoms with Crippen LogP contribution in [0, 0.1) is 0 Å². The van der Waals surface area contributed by atoms with Crippen molar-refractivity contribution in [3.8, 4) is 0 Å². The van der Waals surface area contributed by atoms with Crippen LogP contribution in [-0.4, -0.2) is 40.4 Å². The minimum absolute atomic E-state index is 0. The van der Waals surface area contributed by atoms with Gasteiger partial charge < -0.3 is 10.2 Å². The van der Waals surface area contributed by atoms with Crippen LogP contribution in [0.1, 0.15) is 6.92 Å². The average Bonchev–Trinajstić information content (AvgIpc) is 3.07. The first-order valence-corrected chi connectivity index (χ1v) is 10.2. The second-order valence-corrected chi connectivity index (χ2v) is 8.16. The molecule has 164 valence electrons. The van der Waals surface area contributed by atoms with Gasteiger partial charge in [-0.05, 0) is 49.1 Å². The molecule has 1 N–H and O–H groups in total. The van der Waals surface area contributed by atoms with Gasteiger partial charge in [-0.1, -0.05) is 24.3 Å². The highest BCUT2D eigenvalue weighted by molar-refractivity contribution is 6.23. The number of benzene rings is 3. The minimum Gasteiger partial charge on any atom is -0.326 e. The van der Waals surface area contributed by atoms with Gasteiger partial charge in [-0.2, -0.15) is 0 Å². The second-order valence-electron chi connectivity index (χ2n) is 8.16. The van der Waals surface area contributed by atoms with Crippen molar-refractivity contribution in [3.05, 3.63) is 69.4 Å². The third kappa shape index (κ3) is 3.21. The molecule has 0 aliphatic rings. The summed E-state index contributed by atoms with van der Waals surface area (Å²) >= 11 is 0. The summed E-state index contributed by atoms with van der Waals surface area (Å²) in [7, 11) is 3.83. The number of amides is 1. The SMILES string of the molecule is CC(=O)Nc1ccc2c(ccc3c2c2cccc4c(=O)n(CCN(C)C)c(=O)n3c42)c1.Cl. The van der Waals surface area contributed by atoms with E-state index in [1.165, 1.54) is 11.5 Å². The van der Waals surface area contributed by atoms with E-state index in [0.717, 1.165) is 27.1 Å². The molecule has 8 heteroatoms. The molecule has 5 rings (SSSR count). The Hall–Kier alpha value is -3.42. The van der Waals surface area contributed by atoms with Crippen LogP contribution >= 0.6 is 12.4 Å². The normalized spacial score (nSPS) is 11.6. The topological polar surface area (TPSA) is 75.8 Å². The van der Waals surface area contributed by atoms with Crippen molar-refractivity contribution in [2.45, 2.75) is 13.5 Å². The fraction of sp³-hybridized carbons (Fsp3) is 0.208. The fourth-order valence-electron chi connectivity index (χ4n) is 4.40. The van der Waals surface area contributed by atoms with Gasteiger partial charge in [-0.3, -0.25) is 18.6 Å². The summed E-state index contributed by atoms with van der Waals surface area (Å²) in [5, 5.41) is 7.06. The number of nitrogens with zero attached hydrogens (tertiary/aromatic N) is 3. The van der Waals surface area contributed by atoms with Crippen molar-refractivity contribution in [2.75, 3.05) is 26.0 Å². The molecule has 7 nitrogen and oxygen atoms in total. The highest BCUT2D eigenvalue weighted by Gasteiger charge is 2.20. The second kappa shape index (κ2) is 7.93. The number of carbonyl (C=O) groups is 1. The third-order valence-corrected chi connectivity index (χ3v) is 5.76. The predicted molar refractivity (Wildman–Crippen MR) is 132 cm³/mol. The number of hydrogen-bond donors (Lipinski definition) is 1. The summed E-state index contributed by atoms with van der Waals surface area (Å²) in [5.74, 6) is -0.130. The van der Waals surface area contributed by atoms with E-state index < -0.39 is 0 Å². The summed E-state index contributed by atoms with van der Waals surface area (Å²) in [6.07, 6.45) is 0. The molecule has 0 radical (unpaired) electrons. The quantitative estimate of drug-likeness (QED) is 0.456. The van der Waals surface area contributed by atoms with E-state index in [2.05, 4.69) is 5.32 Å². The molecule has 0 saturated heterocycles. The molecule has 2 heterocycles. The molecule has 0 aliphatic carbocycles. The number of rotatable bonds is 4. The maximum Gasteiger partial charge on any atom is 0.336 e. The lowest BCUT2D eigenvalue weighted by molar-refractivity contribution is -0.114. The Labute approximate surface area is 189 Å². The van der Waals surface area contributed by atoms with E-state index in [4.69, 9.17) is 0 Å². The first-order chi connectivity index (χ1) is 14.9. The Bertz CT molecular complexity index is 1620. The number of carbonyl (C=O) groups excluding carboxylic acids is 1. The largest absolute Gasteiger partial charge is 0.336 e. The molecular formula is C24H23ClN4O3. The van der Waals surface area contributed by atoms with Crippen molar-refractivity contribution >= 4 is 62.0 Å².